The summed E-state index contributed by atoms with van der Waals surface area (Å²) in [6.07, 6.45) is 18.7. The van der Waals surface area contributed by atoms with E-state index >= 15 is 0 Å². The first-order valence-electron chi connectivity index (χ1n) is 9.40. The van der Waals surface area contributed by atoms with E-state index in [2.05, 4.69) is 30.1 Å². The van der Waals surface area contributed by atoms with Gasteiger partial charge in [-0.05, 0) is 31.7 Å². The molecule has 0 saturated heterocycles. The Hall–Kier alpha value is -0.790. The Morgan fingerprint density at radius 2 is 1.24 bits per heavy atom. The van der Waals surface area contributed by atoms with Gasteiger partial charge in [-0.3, -0.25) is 5.10 Å². The lowest BCUT2D eigenvalue weighted by Crippen LogP contribution is -1.86. The standard InChI is InChI=1S/C19H36N2/c1-3-5-7-9-11-13-15-18-17-19(21-20-18)16-14-12-10-8-6-4-2/h17H,3-16H2,1-2H3,(H,20,21). The van der Waals surface area contributed by atoms with E-state index in [1.807, 2.05) is 0 Å². The molecule has 0 aliphatic carbocycles. The second kappa shape index (κ2) is 12.9. The largest absolute Gasteiger partial charge is 0.282 e. The first kappa shape index (κ1) is 18.3. The lowest BCUT2D eigenvalue weighted by molar-refractivity contribution is 0.603. The van der Waals surface area contributed by atoms with E-state index in [1.54, 1.807) is 0 Å². The smallest absolute Gasteiger partial charge is 0.0625 e. The normalized spacial score (nSPS) is 11.1. The number of hydrogen-bond acceptors (Lipinski definition) is 1. The molecular formula is C19H36N2. The van der Waals surface area contributed by atoms with Crippen LogP contribution in [0, 0.1) is 0 Å². The van der Waals surface area contributed by atoms with Crippen LogP contribution in [0.2, 0.25) is 0 Å². The van der Waals surface area contributed by atoms with Gasteiger partial charge in [0.05, 0.1) is 5.69 Å². The minimum atomic E-state index is 1.15. The van der Waals surface area contributed by atoms with Crippen LogP contribution in [0.5, 0.6) is 0 Å². The summed E-state index contributed by atoms with van der Waals surface area (Å²) >= 11 is 0. The Balaban J connectivity index is 2.01. The number of rotatable bonds is 14. The highest BCUT2D eigenvalue weighted by Crippen LogP contribution is 2.12. The number of aromatic nitrogens is 2. The van der Waals surface area contributed by atoms with Crippen molar-refractivity contribution in [3.05, 3.63) is 17.5 Å². The number of H-pyrrole nitrogens is 1. The van der Waals surface area contributed by atoms with Crippen molar-refractivity contribution in [3.8, 4) is 0 Å². The third-order valence-corrected chi connectivity index (χ3v) is 4.27. The van der Waals surface area contributed by atoms with Crippen molar-refractivity contribution in [3.63, 3.8) is 0 Å². The molecule has 1 aromatic heterocycles. The van der Waals surface area contributed by atoms with Gasteiger partial charge in [-0.2, -0.15) is 5.10 Å². The van der Waals surface area contributed by atoms with Gasteiger partial charge in [0.2, 0.25) is 0 Å². The van der Waals surface area contributed by atoms with Crippen LogP contribution in [0.1, 0.15) is 102 Å². The van der Waals surface area contributed by atoms with Gasteiger partial charge < -0.3 is 0 Å². The van der Waals surface area contributed by atoms with Crippen molar-refractivity contribution >= 4 is 0 Å². The van der Waals surface area contributed by atoms with Gasteiger partial charge in [0.1, 0.15) is 0 Å². The van der Waals surface area contributed by atoms with Gasteiger partial charge in [0, 0.05) is 5.69 Å². The summed E-state index contributed by atoms with van der Waals surface area (Å²) < 4.78 is 0. The molecule has 0 radical (unpaired) electrons. The summed E-state index contributed by atoms with van der Waals surface area (Å²) in [5.74, 6) is 0. The first-order valence-corrected chi connectivity index (χ1v) is 9.40. The maximum Gasteiger partial charge on any atom is 0.0625 e. The number of unbranched alkanes of at least 4 members (excludes halogenated alkanes) is 10. The fraction of sp³-hybridized carbons (Fsp3) is 0.842. The van der Waals surface area contributed by atoms with E-state index < -0.39 is 0 Å². The molecule has 2 heteroatoms. The third-order valence-electron chi connectivity index (χ3n) is 4.27. The highest BCUT2D eigenvalue weighted by molar-refractivity contribution is 5.08. The highest BCUT2D eigenvalue weighted by Gasteiger charge is 2.01. The fourth-order valence-electron chi connectivity index (χ4n) is 2.85. The lowest BCUT2D eigenvalue weighted by Gasteiger charge is -1.99. The van der Waals surface area contributed by atoms with Crippen LogP contribution in [0.25, 0.3) is 0 Å². The number of nitrogens with zero attached hydrogens (tertiary/aromatic N) is 1. The maximum atomic E-state index is 4.45. The van der Waals surface area contributed by atoms with Crippen LogP contribution in [0.3, 0.4) is 0 Å². The maximum absolute atomic E-state index is 4.45. The zero-order chi connectivity index (χ0) is 15.2. The van der Waals surface area contributed by atoms with Gasteiger partial charge in [-0.1, -0.05) is 78.1 Å². The Bertz CT molecular complexity index is 300. The Kier molecular flexibility index (Phi) is 11.2. The number of nitrogens with one attached hydrogen (secondary N) is 1. The third kappa shape index (κ3) is 9.71. The van der Waals surface area contributed by atoms with E-state index in [-0.39, 0.29) is 0 Å². The molecule has 1 aromatic rings. The predicted molar refractivity (Wildman–Crippen MR) is 92.7 cm³/mol. The van der Waals surface area contributed by atoms with Gasteiger partial charge in [0.15, 0.2) is 0 Å². The quantitative estimate of drug-likeness (QED) is 0.405. The molecule has 1 heterocycles. The molecule has 0 unspecified atom stereocenters. The van der Waals surface area contributed by atoms with E-state index in [0.717, 1.165) is 6.42 Å². The molecule has 0 aliphatic heterocycles. The van der Waals surface area contributed by atoms with E-state index in [0.29, 0.717) is 0 Å². The molecule has 0 aromatic carbocycles. The number of hydrogen-bond donors (Lipinski definition) is 1. The van der Waals surface area contributed by atoms with Crippen LogP contribution < -0.4 is 0 Å². The van der Waals surface area contributed by atoms with Crippen molar-refractivity contribution in [2.45, 2.75) is 104 Å². The minimum absolute atomic E-state index is 1.15. The number of aryl methyl sites for hydroxylation is 2. The molecule has 0 saturated carbocycles. The molecular weight excluding hydrogens is 256 g/mol. The molecule has 0 atom stereocenters. The summed E-state index contributed by atoms with van der Waals surface area (Å²) in [5, 5.41) is 7.67. The molecule has 0 amide bonds. The predicted octanol–water partition coefficient (Wildman–Crippen LogP) is 6.22. The van der Waals surface area contributed by atoms with Crippen molar-refractivity contribution < 1.29 is 0 Å². The van der Waals surface area contributed by atoms with Crippen LogP contribution in [-0.4, -0.2) is 10.2 Å². The van der Waals surface area contributed by atoms with Crippen LogP contribution in [0.4, 0.5) is 0 Å². The van der Waals surface area contributed by atoms with Gasteiger partial charge in [-0.15, -0.1) is 0 Å². The van der Waals surface area contributed by atoms with Crippen molar-refractivity contribution in [2.24, 2.45) is 0 Å². The summed E-state index contributed by atoms with van der Waals surface area (Å²) in [4.78, 5) is 0. The zero-order valence-electron chi connectivity index (χ0n) is 14.4. The summed E-state index contributed by atoms with van der Waals surface area (Å²) in [5.41, 5.74) is 2.61. The van der Waals surface area contributed by atoms with Gasteiger partial charge >= 0.3 is 0 Å². The topological polar surface area (TPSA) is 28.7 Å². The zero-order valence-corrected chi connectivity index (χ0v) is 14.4. The van der Waals surface area contributed by atoms with Crippen LogP contribution >= 0.6 is 0 Å². The average Bonchev–Trinajstić information content (AvgIpc) is 2.94. The molecule has 0 spiro atoms. The lowest BCUT2D eigenvalue weighted by atomic mass is 10.1. The molecule has 0 fully saturated rings. The average molecular weight is 293 g/mol. The summed E-state index contributed by atoms with van der Waals surface area (Å²) in [6, 6.07) is 2.29. The Morgan fingerprint density at radius 1 is 0.714 bits per heavy atom. The molecule has 1 rings (SSSR count). The number of aromatic amines is 1. The fourth-order valence-corrected chi connectivity index (χ4v) is 2.85. The second-order valence-electron chi connectivity index (χ2n) is 6.42. The molecule has 0 bridgehead atoms. The van der Waals surface area contributed by atoms with Crippen LogP contribution in [0.15, 0.2) is 6.07 Å². The van der Waals surface area contributed by atoms with E-state index in [1.165, 1.54) is 94.9 Å². The SMILES string of the molecule is CCCCCCCCc1cc(CCCCCCCC)[nH]n1. The van der Waals surface area contributed by atoms with E-state index in [4.69, 9.17) is 0 Å². The Morgan fingerprint density at radius 3 is 1.86 bits per heavy atom. The van der Waals surface area contributed by atoms with Gasteiger partial charge in [-0.25, -0.2) is 0 Å². The summed E-state index contributed by atoms with van der Waals surface area (Å²) in [6.45, 7) is 4.55. The summed E-state index contributed by atoms with van der Waals surface area (Å²) in [7, 11) is 0. The van der Waals surface area contributed by atoms with Crippen molar-refractivity contribution in [1.29, 1.82) is 0 Å². The van der Waals surface area contributed by atoms with Crippen molar-refractivity contribution in [2.75, 3.05) is 0 Å². The Labute approximate surface area is 132 Å². The minimum Gasteiger partial charge on any atom is -0.282 e. The highest BCUT2D eigenvalue weighted by atomic mass is 15.1. The van der Waals surface area contributed by atoms with Gasteiger partial charge in [0.25, 0.3) is 0 Å². The van der Waals surface area contributed by atoms with Crippen LogP contribution in [-0.2, 0) is 12.8 Å². The second-order valence-corrected chi connectivity index (χ2v) is 6.42. The molecule has 21 heavy (non-hydrogen) atoms. The first-order chi connectivity index (χ1) is 10.4. The molecule has 2 nitrogen and oxygen atoms in total. The molecule has 122 valence electrons. The van der Waals surface area contributed by atoms with E-state index in [9.17, 15) is 0 Å². The molecule has 0 aliphatic rings. The van der Waals surface area contributed by atoms with Crippen molar-refractivity contribution in [1.82, 2.24) is 10.2 Å². The molecule has 1 N–H and O–H groups in total. The monoisotopic (exact) mass is 292 g/mol.